The van der Waals surface area contributed by atoms with Gasteiger partial charge in [0.2, 0.25) is 0 Å². The van der Waals surface area contributed by atoms with Gasteiger partial charge in [0.1, 0.15) is 0 Å². The fraction of sp³-hybridized carbons (Fsp3) is 0.333. The molecule has 0 spiro atoms. The molecule has 1 aromatic carbocycles. The van der Waals surface area contributed by atoms with Crippen LogP contribution in [0.15, 0.2) is 43.0 Å². The minimum Gasteiger partial charge on any atom is -0.451 e. The van der Waals surface area contributed by atoms with Crippen LogP contribution in [-0.2, 0) is 9.57 Å². The number of methoxy groups -OCH3 is 1. The maximum atomic E-state index is 12.0. The summed E-state index contributed by atoms with van der Waals surface area (Å²) >= 11 is 0. The van der Waals surface area contributed by atoms with Crippen LogP contribution in [0.2, 0.25) is 0 Å². The van der Waals surface area contributed by atoms with E-state index in [0.29, 0.717) is 18.4 Å². The Labute approximate surface area is 118 Å². The van der Waals surface area contributed by atoms with Crippen LogP contribution < -0.4 is 0 Å². The summed E-state index contributed by atoms with van der Waals surface area (Å²) in [5, 5.41) is 0.957. The molecule has 0 aliphatic heterocycles. The number of carbonyl (C=O) groups is 2. The molecule has 0 aliphatic carbocycles. The number of carbonyl (C=O) groups excluding carboxylic acids is 2. The van der Waals surface area contributed by atoms with Crippen molar-refractivity contribution in [1.29, 1.82) is 0 Å². The molecular weight excluding hydrogens is 258 g/mol. The Morgan fingerprint density at radius 3 is 2.55 bits per heavy atom. The number of rotatable bonds is 5. The third-order valence-corrected chi connectivity index (χ3v) is 2.73. The number of hydrogen-bond acceptors (Lipinski definition) is 4. The SMILES string of the molecule is C=CCCC(C)N(OC(=O)c1ccccc1)C(=O)OC. The van der Waals surface area contributed by atoms with E-state index in [1.54, 1.807) is 43.3 Å². The Morgan fingerprint density at radius 2 is 2.00 bits per heavy atom. The van der Waals surface area contributed by atoms with Gasteiger partial charge in [0.15, 0.2) is 0 Å². The summed E-state index contributed by atoms with van der Waals surface area (Å²) in [6.45, 7) is 5.40. The second-order valence-electron chi connectivity index (χ2n) is 4.26. The highest BCUT2D eigenvalue weighted by Crippen LogP contribution is 2.12. The summed E-state index contributed by atoms with van der Waals surface area (Å²) < 4.78 is 4.63. The molecule has 1 aromatic rings. The zero-order valence-corrected chi connectivity index (χ0v) is 11.7. The maximum Gasteiger partial charge on any atom is 0.443 e. The van der Waals surface area contributed by atoms with Gasteiger partial charge in [0.05, 0.1) is 18.7 Å². The van der Waals surface area contributed by atoms with Crippen molar-refractivity contribution in [3.63, 3.8) is 0 Å². The highest BCUT2D eigenvalue weighted by Gasteiger charge is 2.25. The van der Waals surface area contributed by atoms with Crippen LogP contribution in [-0.4, -0.2) is 30.3 Å². The molecule has 0 radical (unpaired) electrons. The molecule has 5 heteroatoms. The molecule has 0 N–H and O–H groups in total. The van der Waals surface area contributed by atoms with Gasteiger partial charge in [-0.2, -0.15) is 0 Å². The van der Waals surface area contributed by atoms with Gasteiger partial charge in [-0.1, -0.05) is 24.3 Å². The summed E-state index contributed by atoms with van der Waals surface area (Å²) in [6, 6.07) is 8.17. The Bertz CT molecular complexity index is 458. The van der Waals surface area contributed by atoms with Crippen molar-refractivity contribution in [3.05, 3.63) is 48.6 Å². The number of nitrogens with zero attached hydrogens (tertiary/aromatic N) is 1. The van der Waals surface area contributed by atoms with Gasteiger partial charge >= 0.3 is 12.1 Å². The van der Waals surface area contributed by atoms with Gasteiger partial charge in [-0.15, -0.1) is 11.6 Å². The zero-order valence-electron chi connectivity index (χ0n) is 11.7. The smallest absolute Gasteiger partial charge is 0.443 e. The Hall–Kier alpha value is -2.30. The number of ether oxygens (including phenoxy) is 1. The Balaban J connectivity index is 2.76. The van der Waals surface area contributed by atoms with Gasteiger partial charge in [-0.3, -0.25) is 0 Å². The van der Waals surface area contributed by atoms with Crippen molar-refractivity contribution in [2.75, 3.05) is 7.11 Å². The molecule has 1 unspecified atom stereocenters. The third-order valence-electron chi connectivity index (χ3n) is 2.73. The lowest BCUT2D eigenvalue weighted by Crippen LogP contribution is -2.40. The van der Waals surface area contributed by atoms with Crippen molar-refractivity contribution in [2.24, 2.45) is 0 Å². The molecule has 108 valence electrons. The predicted molar refractivity (Wildman–Crippen MR) is 75.0 cm³/mol. The fourth-order valence-corrected chi connectivity index (χ4v) is 1.59. The lowest BCUT2D eigenvalue weighted by Gasteiger charge is -2.25. The maximum absolute atomic E-state index is 12.0. The van der Waals surface area contributed by atoms with E-state index in [4.69, 9.17) is 4.84 Å². The predicted octanol–water partition coefficient (Wildman–Crippen LogP) is 3.18. The topological polar surface area (TPSA) is 55.8 Å². The molecule has 20 heavy (non-hydrogen) atoms. The highest BCUT2D eigenvalue weighted by molar-refractivity contribution is 5.89. The molecule has 0 aliphatic rings. The Kier molecular flexibility index (Phi) is 6.29. The van der Waals surface area contributed by atoms with Gasteiger partial charge in [-0.05, 0) is 31.9 Å². The van der Waals surface area contributed by atoms with Crippen molar-refractivity contribution in [2.45, 2.75) is 25.8 Å². The van der Waals surface area contributed by atoms with E-state index < -0.39 is 12.1 Å². The second kappa shape index (κ2) is 7.99. The van der Waals surface area contributed by atoms with E-state index in [-0.39, 0.29) is 6.04 Å². The average Bonchev–Trinajstić information content (AvgIpc) is 2.50. The molecule has 1 rings (SSSR count). The van der Waals surface area contributed by atoms with E-state index in [2.05, 4.69) is 11.3 Å². The fourth-order valence-electron chi connectivity index (χ4n) is 1.59. The van der Waals surface area contributed by atoms with Gasteiger partial charge in [-0.25, -0.2) is 9.59 Å². The molecule has 0 aromatic heterocycles. The van der Waals surface area contributed by atoms with Gasteiger partial charge in [0.25, 0.3) is 0 Å². The monoisotopic (exact) mass is 277 g/mol. The van der Waals surface area contributed by atoms with E-state index in [9.17, 15) is 9.59 Å². The van der Waals surface area contributed by atoms with E-state index in [1.165, 1.54) is 7.11 Å². The molecule has 0 saturated carbocycles. The van der Waals surface area contributed by atoms with Gasteiger partial charge < -0.3 is 9.57 Å². The molecule has 0 bridgehead atoms. The molecule has 0 fully saturated rings. The minimum absolute atomic E-state index is 0.298. The first-order valence-corrected chi connectivity index (χ1v) is 6.35. The largest absolute Gasteiger partial charge is 0.451 e. The minimum atomic E-state index is -0.703. The standard InChI is InChI=1S/C15H19NO4/c1-4-5-9-12(2)16(15(18)19-3)20-14(17)13-10-7-6-8-11-13/h4,6-8,10-12H,1,5,9H2,2-3H3. The molecule has 0 heterocycles. The Morgan fingerprint density at radius 1 is 1.35 bits per heavy atom. The lowest BCUT2D eigenvalue weighted by atomic mass is 10.2. The molecule has 5 nitrogen and oxygen atoms in total. The van der Waals surface area contributed by atoms with Crippen molar-refractivity contribution in [3.8, 4) is 0 Å². The summed E-state index contributed by atoms with van der Waals surface area (Å²) in [7, 11) is 1.24. The quantitative estimate of drug-likeness (QED) is 0.612. The first-order chi connectivity index (χ1) is 9.60. The summed E-state index contributed by atoms with van der Waals surface area (Å²) in [6.07, 6.45) is 2.37. The van der Waals surface area contributed by atoms with E-state index >= 15 is 0 Å². The molecule has 0 saturated heterocycles. The van der Waals surface area contributed by atoms with E-state index in [1.807, 2.05) is 0 Å². The van der Waals surface area contributed by atoms with Crippen molar-refractivity contribution < 1.29 is 19.2 Å². The number of allylic oxidation sites excluding steroid dienone is 1. The summed E-state index contributed by atoms with van der Waals surface area (Å²) in [4.78, 5) is 28.8. The average molecular weight is 277 g/mol. The lowest BCUT2D eigenvalue weighted by molar-refractivity contribution is -0.113. The zero-order chi connectivity index (χ0) is 15.0. The number of hydrogen-bond donors (Lipinski definition) is 0. The van der Waals surface area contributed by atoms with Crippen molar-refractivity contribution in [1.82, 2.24) is 5.06 Å². The van der Waals surface area contributed by atoms with Crippen LogP contribution >= 0.6 is 0 Å². The van der Waals surface area contributed by atoms with Gasteiger partial charge in [0, 0.05) is 0 Å². The van der Waals surface area contributed by atoms with Crippen LogP contribution in [0.25, 0.3) is 0 Å². The summed E-state index contributed by atoms with van der Waals surface area (Å²) in [5.74, 6) is -0.596. The number of amides is 1. The third kappa shape index (κ3) is 4.42. The van der Waals surface area contributed by atoms with Crippen molar-refractivity contribution >= 4 is 12.1 Å². The highest BCUT2D eigenvalue weighted by atomic mass is 16.8. The number of benzene rings is 1. The first-order valence-electron chi connectivity index (χ1n) is 6.35. The van der Waals surface area contributed by atoms with Crippen LogP contribution in [0.4, 0.5) is 4.79 Å². The first kappa shape index (κ1) is 15.8. The molecule has 1 atom stereocenters. The van der Waals surface area contributed by atoms with E-state index in [0.717, 1.165) is 5.06 Å². The summed E-state index contributed by atoms with van der Waals surface area (Å²) in [5.41, 5.74) is 0.373. The normalized spacial score (nSPS) is 11.3. The van der Waals surface area contributed by atoms with Crippen LogP contribution in [0, 0.1) is 0 Å². The van der Waals surface area contributed by atoms with Crippen LogP contribution in [0.1, 0.15) is 30.1 Å². The number of hydroxylamine groups is 2. The molecular formula is C15H19NO4. The van der Waals surface area contributed by atoms with Crippen LogP contribution in [0.5, 0.6) is 0 Å². The second-order valence-corrected chi connectivity index (χ2v) is 4.26. The molecule has 1 amide bonds. The van der Waals surface area contributed by atoms with Crippen LogP contribution in [0.3, 0.4) is 0 Å².